The maximum Gasteiger partial charge on any atom is 0.339 e. The van der Waals surface area contributed by atoms with E-state index in [1.54, 1.807) is 12.1 Å². The average Bonchev–Trinajstić information content (AvgIpc) is 2.63. The minimum Gasteiger partial charge on any atom is -0.465 e. The smallest absolute Gasteiger partial charge is 0.339 e. The second-order valence-corrected chi connectivity index (χ2v) is 5.89. The number of amides is 1. The molecule has 0 aliphatic heterocycles. The van der Waals surface area contributed by atoms with Gasteiger partial charge in [0.1, 0.15) is 0 Å². The Kier molecular flexibility index (Phi) is 6.11. The highest BCUT2D eigenvalue weighted by Crippen LogP contribution is 2.18. The van der Waals surface area contributed by atoms with Gasteiger partial charge in [-0.1, -0.05) is 24.3 Å². The largest absolute Gasteiger partial charge is 0.465 e. The first-order chi connectivity index (χ1) is 12.3. The SMILES string of the molecule is COC(=O)c1ccccc1C(=O)OC(C)C(=O)Nc1cc(C)ccc1C. The van der Waals surface area contributed by atoms with Crippen LogP contribution in [0.5, 0.6) is 0 Å². The number of ether oxygens (including phenoxy) is 2. The fourth-order valence-corrected chi connectivity index (χ4v) is 2.33. The molecule has 6 heteroatoms. The number of hydrogen-bond acceptors (Lipinski definition) is 5. The Morgan fingerprint density at radius 1 is 0.962 bits per heavy atom. The van der Waals surface area contributed by atoms with Crippen molar-refractivity contribution in [3.8, 4) is 0 Å². The van der Waals surface area contributed by atoms with Crippen LogP contribution in [-0.2, 0) is 14.3 Å². The highest BCUT2D eigenvalue weighted by atomic mass is 16.5. The number of hydrogen-bond donors (Lipinski definition) is 1. The molecule has 0 aromatic heterocycles. The highest BCUT2D eigenvalue weighted by molar-refractivity contribution is 6.04. The topological polar surface area (TPSA) is 81.7 Å². The number of esters is 2. The summed E-state index contributed by atoms with van der Waals surface area (Å²) in [5, 5.41) is 2.75. The van der Waals surface area contributed by atoms with Gasteiger partial charge in [-0.15, -0.1) is 0 Å². The standard InChI is InChI=1S/C20H21NO5/c1-12-9-10-13(2)17(11-12)21-18(22)14(3)26-20(24)16-8-6-5-7-15(16)19(23)25-4/h5-11,14H,1-4H3,(H,21,22). The third kappa shape index (κ3) is 4.47. The van der Waals surface area contributed by atoms with Gasteiger partial charge in [0.25, 0.3) is 5.91 Å². The minimum atomic E-state index is -1.03. The quantitative estimate of drug-likeness (QED) is 0.833. The number of carbonyl (C=O) groups excluding carboxylic acids is 3. The van der Waals surface area contributed by atoms with Crippen molar-refractivity contribution in [2.75, 3.05) is 12.4 Å². The zero-order valence-corrected chi connectivity index (χ0v) is 15.2. The van der Waals surface area contributed by atoms with E-state index in [1.165, 1.54) is 26.2 Å². The maximum atomic E-state index is 12.4. The van der Waals surface area contributed by atoms with Gasteiger partial charge in [-0.25, -0.2) is 9.59 Å². The van der Waals surface area contributed by atoms with Crippen LogP contribution in [0.4, 0.5) is 5.69 Å². The van der Waals surface area contributed by atoms with E-state index >= 15 is 0 Å². The molecular formula is C20H21NO5. The molecular weight excluding hydrogens is 334 g/mol. The third-order valence-electron chi connectivity index (χ3n) is 3.86. The molecule has 136 valence electrons. The number of carbonyl (C=O) groups is 3. The molecule has 26 heavy (non-hydrogen) atoms. The second kappa shape index (κ2) is 8.29. The van der Waals surface area contributed by atoms with Gasteiger partial charge in [0.15, 0.2) is 6.10 Å². The molecule has 0 saturated carbocycles. The monoisotopic (exact) mass is 355 g/mol. The summed E-state index contributed by atoms with van der Waals surface area (Å²) < 4.78 is 9.87. The van der Waals surface area contributed by atoms with Crippen molar-refractivity contribution in [3.05, 3.63) is 64.7 Å². The van der Waals surface area contributed by atoms with Gasteiger partial charge >= 0.3 is 11.9 Å². The van der Waals surface area contributed by atoms with Gasteiger partial charge in [0.2, 0.25) is 0 Å². The zero-order valence-electron chi connectivity index (χ0n) is 15.2. The first-order valence-corrected chi connectivity index (χ1v) is 8.10. The van der Waals surface area contributed by atoms with E-state index in [-0.39, 0.29) is 11.1 Å². The number of methoxy groups -OCH3 is 1. The molecule has 0 aliphatic carbocycles. The number of benzene rings is 2. The summed E-state index contributed by atoms with van der Waals surface area (Å²) in [6.07, 6.45) is -1.03. The van der Waals surface area contributed by atoms with Crippen molar-refractivity contribution >= 4 is 23.5 Å². The maximum absolute atomic E-state index is 12.4. The van der Waals surface area contributed by atoms with Gasteiger partial charge in [-0.2, -0.15) is 0 Å². The van der Waals surface area contributed by atoms with E-state index in [0.717, 1.165) is 11.1 Å². The molecule has 2 aromatic carbocycles. The predicted octanol–water partition coefficient (Wildman–Crippen LogP) is 3.27. The molecule has 2 rings (SSSR count). The first kappa shape index (κ1) is 19.2. The van der Waals surface area contributed by atoms with Crippen molar-refractivity contribution in [1.82, 2.24) is 0 Å². The Labute approximate surface area is 152 Å². The van der Waals surface area contributed by atoms with Crippen LogP contribution in [0.3, 0.4) is 0 Å². The van der Waals surface area contributed by atoms with Crippen LogP contribution in [0.1, 0.15) is 38.8 Å². The lowest BCUT2D eigenvalue weighted by atomic mass is 10.1. The Hall–Kier alpha value is -3.15. The van der Waals surface area contributed by atoms with E-state index in [2.05, 4.69) is 10.1 Å². The molecule has 0 bridgehead atoms. The number of aryl methyl sites for hydroxylation is 2. The predicted molar refractivity (Wildman–Crippen MR) is 97.2 cm³/mol. The molecule has 1 amide bonds. The molecule has 1 atom stereocenters. The number of anilines is 1. The van der Waals surface area contributed by atoms with Crippen LogP contribution in [0.2, 0.25) is 0 Å². The summed E-state index contributed by atoms with van der Waals surface area (Å²) >= 11 is 0. The van der Waals surface area contributed by atoms with E-state index < -0.39 is 23.9 Å². The van der Waals surface area contributed by atoms with Crippen molar-refractivity contribution in [2.24, 2.45) is 0 Å². The van der Waals surface area contributed by atoms with Crippen LogP contribution in [0.15, 0.2) is 42.5 Å². The van der Waals surface area contributed by atoms with E-state index in [4.69, 9.17) is 4.74 Å². The minimum absolute atomic E-state index is 0.0470. The van der Waals surface area contributed by atoms with Crippen LogP contribution >= 0.6 is 0 Å². The van der Waals surface area contributed by atoms with Crippen LogP contribution in [0.25, 0.3) is 0 Å². The summed E-state index contributed by atoms with van der Waals surface area (Å²) in [6, 6.07) is 11.8. The van der Waals surface area contributed by atoms with Crippen LogP contribution in [-0.4, -0.2) is 31.1 Å². The van der Waals surface area contributed by atoms with Crippen molar-refractivity contribution in [2.45, 2.75) is 26.9 Å². The van der Waals surface area contributed by atoms with Gasteiger partial charge in [0.05, 0.1) is 18.2 Å². The molecule has 0 fully saturated rings. The molecule has 2 aromatic rings. The molecule has 0 heterocycles. The van der Waals surface area contributed by atoms with Gasteiger partial charge in [-0.05, 0) is 50.1 Å². The van der Waals surface area contributed by atoms with Crippen LogP contribution < -0.4 is 5.32 Å². The fraction of sp³-hybridized carbons (Fsp3) is 0.250. The average molecular weight is 355 g/mol. The fourth-order valence-electron chi connectivity index (χ4n) is 2.33. The summed E-state index contributed by atoms with van der Waals surface area (Å²) in [7, 11) is 1.23. The Morgan fingerprint density at radius 2 is 1.58 bits per heavy atom. The first-order valence-electron chi connectivity index (χ1n) is 8.10. The van der Waals surface area contributed by atoms with Crippen molar-refractivity contribution < 1.29 is 23.9 Å². The lowest BCUT2D eigenvalue weighted by molar-refractivity contribution is -0.123. The normalized spacial score (nSPS) is 11.4. The Bertz CT molecular complexity index is 844. The highest BCUT2D eigenvalue weighted by Gasteiger charge is 2.23. The summed E-state index contributed by atoms with van der Waals surface area (Å²) in [5.74, 6) is -1.87. The Balaban J connectivity index is 2.11. The summed E-state index contributed by atoms with van der Waals surface area (Å²) in [5.41, 5.74) is 2.70. The lowest BCUT2D eigenvalue weighted by Crippen LogP contribution is -2.30. The molecule has 6 nitrogen and oxygen atoms in total. The lowest BCUT2D eigenvalue weighted by Gasteiger charge is -2.16. The number of rotatable bonds is 5. The van der Waals surface area contributed by atoms with E-state index in [0.29, 0.717) is 5.69 Å². The van der Waals surface area contributed by atoms with Crippen molar-refractivity contribution in [3.63, 3.8) is 0 Å². The van der Waals surface area contributed by atoms with Gasteiger partial charge in [0, 0.05) is 5.69 Å². The molecule has 0 saturated heterocycles. The van der Waals surface area contributed by atoms with Crippen molar-refractivity contribution in [1.29, 1.82) is 0 Å². The van der Waals surface area contributed by atoms with Gasteiger partial charge in [-0.3, -0.25) is 4.79 Å². The van der Waals surface area contributed by atoms with E-state index in [9.17, 15) is 14.4 Å². The molecule has 0 spiro atoms. The summed E-state index contributed by atoms with van der Waals surface area (Å²) in [6.45, 7) is 5.26. The third-order valence-corrected chi connectivity index (χ3v) is 3.86. The Morgan fingerprint density at radius 3 is 2.19 bits per heavy atom. The van der Waals surface area contributed by atoms with E-state index in [1.807, 2.05) is 32.0 Å². The number of nitrogens with one attached hydrogen (secondary N) is 1. The molecule has 1 unspecified atom stereocenters. The molecule has 1 N–H and O–H groups in total. The molecule has 0 radical (unpaired) electrons. The molecule has 0 aliphatic rings. The zero-order chi connectivity index (χ0) is 19.3. The summed E-state index contributed by atoms with van der Waals surface area (Å²) in [4.78, 5) is 36.5. The van der Waals surface area contributed by atoms with Crippen LogP contribution in [0, 0.1) is 13.8 Å². The van der Waals surface area contributed by atoms with Gasteiger partial charge < -0.3 is 14.8 Å². The second-order valence-electron chi connectivity index (χ2n) is 5.89.